The van der Waals surface area contributed by atoms with E-state index in [-0.39, 0.29) is 11.8 Å². The number of amides is 2. The van der Waals surface area contributed by atoms with Crippen molar-refractivity contribution >= 4 is 18.1 Å². The summed E-state index contributed by atoms with van der Waals surface area (Å²) >= 11 is 0. The van der Waals surface area contributed by atoms with Gasteiger partial charge < -0.3 is 15.4 Å². The molecule has 3 aromatic carbocycles. The Labute approximate surface area is 180 Å². The number of rotatable bonds is 5. The summed E-state index contributed by atoms with van der Waals surface area (Å²) in [6.45, 7) is 1.23. The first-order valence-corrected chi connectivity index (χ1v) is 10.4. The molecule has 1 heterocycles. The van der Waals surface area contributed by atoms with E-state index in [1.165, 1.54) is 22.3 Å². The standard InChI is InChI=1S/C26H22N2O3/c29-25-23-14-17(11-12-18(23)15-28-25)6-5-13-27-26(30)31-16-24-21-9-3-1-7-19(21)20-8-2-4-10-22(20)24/h1-12,14,24H,13,15-16H2,(H,27,30)(H,28,29). The molecule has 1 aliphatic heterocycles. The molecule has 31 heavy (non-hydrogen) atoms. The first kappa shape index (κ1) is 19.1. The number of fused-ring (bicyclic) bond motifs is 4. The average molecular weight is 410 g/mol. The molecule has 0 atom stereocenters. The van der Waals surface area contributed by atoms with Crippen molar-refractivity contribution in [2.24, 2.45) is 0 Å². The number of carbonyl (C=O) groups is 2. The van der Waals surface area contributed by atoms with Crippen molar-refractivity contribution in [3.63, 3.8) is 0 Å². The van der Waals surface area contributed by atoms with E-state index >= 15 is 0 Å². The van der Waals surface area contributed by atoms with E-state index in [1.807, 2.05) is 54.6 Å². The molecule has 0 saturated carbocycles. The fraction of sp³-hybridized carbons (Fsp3) is 0.154. The summed E-state index contributed by atoms with van der Waals surface area (Å²) in [7, 11) is 0. The Hall–Kier alpha value is -3.86. The van der Waals surface area contributed by atoms with Crippen molar-refractivity contribution in [2.45, 2.75) is 12.5 Å². The van der Waals surface area contributed by atoms with Crippen LogP contribution >= 0.6 is 0 Å². The molecule has 0 radical (unpaired) electrons. The number of benzene rings is 3. The summed E-state index contributed by atoms with van der Waals surface area (Å²) in [4.78, 5) is 24.0. The van der Waals surface area contributed by atoms with Gasteiger partial charge in [0.2, 0.25) is 0 Å². The van der Waals surface area contributed by atoms with E-state index in [9.17, 15) is 9.59 Å². The van der Waals surface area contributed by atoms with E-state index in [1.54, 1.807) is 0 Å². The first-order chi connectivity index (χ1) is 15.2. The van der Waals surface area contributed by atoms with Crippen LogP contribution in [0.1, 0.15) is 38.5 Å². The summed E-state index contributed by atoms with van der Waals surface area (Å²) in [5.41, 5.74) is 7.45. The van der Waals surface area contributed by atoms with E-state index in [0.717, 1.165) is 11.1 Å². The van der Waals surface area contributed by atoms with Gasteiger partial charge >= 0.3 is 6.09 Å². The molecule has 5 heteroatoms. The number of alkyl carbamates (subject to hydrolysis) is 1. The van der Waals surface area contributed by atoms with Crippen LogP contribution in [-0.2, 0) is 11.3 Å². The summed E-state index contributed by atoms with van der Waals surface area (Å²) in [6.07, 6.45) is 3.28. The highest BCUT2D eigenvalue weighted by molar-refractivity contribution is 5.98. The van der Waals surface area contributed by atoms with Crippen LogP contribution in [0.25, 0.3) is 17.2 Å². The molecular weight excluding hydrogens is 388 g/mol. The van der Waals surface area contributed by atoms with E-state index in [0.29, 0.717) is 25.3 Å². The topological polar surface area (TPSA) is 67.4 Å². The Morgan fingerprint density at radius 2 is 1.71 bits per heavy atom. The van der Waals surface area contributed by atoms with Crippen molar-refractivity contribution in [2.75, 3.05) is 13.2 Å². The fourth-order valence-corrected chi connectivity index (χ4v) is 4.32. The Kier molecular flexibility index (Phi) is 5.00. The number of hydrogen-bond donors (Lipinski definition) is 2. The third-order valence-electron chi connectivity index (χ3n) is 5.84. The lowest BCUT2D eigenvalue weighted by Crippen LogP contribution is -2.26. The molecule has 0 saturated heterocycles. The third kappa shape index (κ3) is 3.70. The molecule has 154 valence electrons. The highest BCUT2D eigenvalue weighted by Gasteiger charge is 2.28. The van der Waals surface area contributed by atoms with E-state index < -0.39 is 6.09 Å². The third-order valence-corrected chi connectivity index (χ3v) is 5.84. The Balaban J connectivity index is 1.17. The van der Waals surface area contributed by atoms with Crippen molar-refractivity contribution < 1.29 is 14.3 Å². The second-order valence-corrected chi connectivity index (χ2v) is 7.71. The number of hydrogen-bond acceptors (Lipinski definition) is 3. The molecule has 2 amide bonds. The van der Waals surface area contributed by atoms with Gasteiger partial charge in [-0.05, 0) is 39.4 Å². The molecule has 1 aliphatic carbocycles. The van der Waals surface area contributed by atoms with Crippen LogP contribution in [-0.4, -0.2) is 25.2 Å². The minimum atomic E-state index is -0.445. The number of nitrogens with one attached hydrogen (secondary N) is 2. The van der Waals surface area contributed by atoms with Gasteiger partial charge in [-0.3, -0.25) is 4.79 Å². The second kappa shape index (κ2) is 8.11. The molecule has 0 bridgehead atoms. The van der Waals surface area contributed by atoms with Gasteiger partial charge in [0.25, 0.3) is 5.91 Å². The highest BCUT2D eigenvalue weighted by Crippen LogP contribution is 2.44. The lowest BCUT2D eigenvalue weighted by atomic mass is 9.98. The van der Waals surface area contributed by atoms with Gasteiger partial charge in [0.15, 0.2) is 0 Å². The van der Waals surface area contributed by atoms with Gasteiger partial charge in [0.1, 0.15) is 6.61 Å². The second-order valence-electron chi connectivity index (χ2n) is 7.71. The largest absolute Gasteiger partial charge is 0.449 e. The van der Waals surface area contributed by atoms with Crippen LogP contribution in [0.3, 0.4) is 0 Å². The van der Waals surface area contributed by atoms with Crippen LogP contribution in [0.4, 0.5) is 4.79 Å². The summed E-state index contributed by atoms with van der Waals surface area (Å²) < 4.78 is 5.53. The molecule has 2 N–H and O–H groups in total. The lowest BCUT2D eigenvalue weighted by Gasteiger charge is -2.14. The zero-order chi connectivity index (χ0) is 21.2. The van der Waals surface area contributed by atoms with E-state index in [2.05, 4.69) is 34.9 Å². The van der Waals surface area contributed by atoms with Gasteiger partial charge in [-0.1, -0.05) is 72.8 Å². The minimum absolute atomic E-state index is 0.0398. The normalized spacial score (nSPS) is 14.1. The Bertz CT molecular complexity index is 1150. The van der Waals surface area contributed by atoms with Gasteiger partial charge in [-0.25, -0.2) is 4.79 Å². The van der Waals surface area contributed by atoms with Gasteiger partial charge in [-0.15, -0.1) is 0 Å². The molecule has 3 aromatic rings. The maximum absolute atomic E-state index is 12.2. The SMILES string of the molecule is O=C(NCC=Cc1ccc2c(c1)C(=O)NC2)OCC1c2ccccc2-c2ccccc21. The smallest absolute Gasteiger partial charge is 0.407 e. The quantitative estimate of drug-likeness (QED) is 0.652. The van der Waals surface area contributed by atoms with Gasteiger partial charge in [0.05, 0.1) is 0 Å². The van der Waals surface area contributed by atoms with Crippen molar-refractivity contribution in [1.29, 1.82) is 0 Å². The van der Waals surface area contributed by atoms with Crippen LogP contribution in [0.5, 0.6) is 0 Å². The maximum Gasteiger partial charge on any atom is 0.407 e. The van der Waals surface area contributed by atoms with Crippen LogP contribution in [0.15, 0.2) is 72.8 Å². The molecular formula is C26H22N2O3. The fourth-order valence-electron chi connectivity index (χ4n) is 4.32. The van der Waals surface area contributed by atoms with E-state index in [4.69, 9.17) is 4.74 Å². The summed E-state index contributed by atoms with van der Waals surface area (Å²) in [5.74, 6) is 0.00765. The predicted octanol–water partition coefficient (Wildman–Crippen LogP) is 4.48. The zero-order valence-corrected chi connectivity index (χ0v) is 16.9. The number of ether oxygens (including phenoxy) is 1. The molecule has 0 unspecified atom stereocenters. The van der Waals surface area contributed by atoms with Crippen LogP contribution < -0.4 is 10.6 Å². The lowest BCUT2D eigenvalue weighted by molar-refractivity contribution is 0.0965. The maximum atomic E-state index is 12.2. The molecule has 5 nitrogen and oxygen atoms in total. The molecule has 2 aliphatic rings. The first-order valence-electron chi connectivity index (χ1n) is 10.4. The van der Waals surface area contributed by atoms with Gasteiger partial charge in [0, 0.05) is 24.6 Å². The van der Waals surface area contributed by atoms with Crippen LogP contribution in [0, 0.1) is 0 Å². The highest BCUT2D eigenvalue weighted by atomic mass is 16.5. The molecule has 5 rings (SSSR count). The average Bonchev–Trinajstić information content (AvgIpc) is 3.33. The van der Waals surface area contributed by atoms with Gasteiger partial charge in [-0.2, -0.15) is 0 Å². The minimum Gasteiger partial charge on any atom is -0.449 e. The van der Waals surface area contributed by atoms with Crippen molar-refractivity contribution in [1.82, 2.24) is 10.6 Å². The zero-order valence-electron chi connectivity index (χ0n) is 16.9. The van der Waals surface area contributed by atoms with Crippen molar-refractivity contribution in [3.8, 4) is 11.1 Å². The van der Waals surface area contributed by atoms with Crippen molar-refractivity contribution in [3.05, 3.63) is 101 Å². The van der Waals surface area contributed by atoms with Crippen LogP contribution in [0.2, 0.25) is 0 Å². The monoisotopic (exact) mass is 410 g/mol. The molecule has 0 spiro atoms. The Morgan fingerprint density at radius 1 is 1.00 bits per heavy atom. The number of carbonyl (C=O) groups excluding carboxylic acids is 2. The summed E-state index contributed by atoms with van der Waals surface area (Å²) in [5, 5.41) is 5.57. The molecule has 0 fully saturated rings. The predicted molar refractivity (Wildman–Crippen MR) is 120 cm³/mol. The molecule has 0 aromatic heterocycles. The summed E-state index contributed by atoms with van der Waals surface area (Å²) in [6, 6.07) is 22.3. The Morgan fingerprint density at radius 3 is 2.45 bits per heavy atom.